The Morgan fingerprint density at radius 2 is 2.00 bits per heavy atom. The van der Waals surface area contributed by atoms with Crippen molar-refractivity contribution in [3.05, 3.63) is 0 Å². The molecule has 1 aliphatic rings. The average molecular weight is 226 g/mol. The van der Waals surface area contributed by atoms with Gasteiger partial charge in [-0.3, -0.25) is 4.79 Å². The fourth-order valence-corrected chi connectivity index (χ4v) is 2.04. The van der Waals surface area contributed by atoms with Crippen molar-refractivity contribution >= 4 is 5.91 Å². The molecule has 16 heavy (non-hydrogen) atoms. The maximum atomic E-state index is 11.4. The van der Waals surface area contributed by atoms with Crippen LogP contribution in [0, 0.1) is 5.92 Å². The van der Waals surface area contributed by atoms with E-state index in [2.05, 4.69) is 24.5 Å². The standard InChI is InChI=1S/C13H26N2O/c1-3-5-12(11-6-7-11)14-10-8-13(16)15-9-4-2/h11-12,14H,3-10H2,1-2H3,(H,15,16). The van der Waals surface area contributed by atoms with Crippen LogP contribution in [0.25, 0.3) is 0 Å². The van der Waals surface area contributed by atoms with Crippen LogP contribution in [-0.4, -0.2) is 25.0 Å². The topological polar surface area (TPSA) is 41.1 Å². The van der Waals surface area contributed by atoms with E-state index in [1.807, 2.05) is 0 Å². The first-order valence-corrected chi connectivity index (χ1v) is 6.78. The molecule has 0 spiro atoms. The molecule has 1 atom stereocenters. The van der Waals surface area contributed by atoms with E-state index in [-0.39, 0.29) is 5.91 Å². The van der Waals surface area contributed by atoms with E-state index in [0.717, 1.165) is 25.4 Å². The van der Waals surface area contributed by atoms with Gasteiger partial charge in [0.2, 0.25) is 5.91 Å². The van der Waals surface area contributed by atoms with E-state index in [4.69, 9.17) is 0 Å². The fourth-order valence-electron chi connectivity index (χ4n) is 2.04. The summed E-state index contributed by atoms with van der Waals surface area (Å²) in [6.07, 6.45) is 6.86. The molecule has 0 aromatic carbocycles. The third kappa shape index (κ3) is 5.50. The molecule has 0 bridgehead atoms. The van der Waals surface area contributed by atoms with Crippen LogP contribution in [0.2, 0.25) is 0 Å². The van der Waals surface area contributed by atoms with Crippen molar-refractivity contribution in [2.24, 2.45) is 5.92 Å². The number of carbonyl (C=O) groups excluding carboxylic acids is 1. The van der Waals surface area contributed by atoms with Gasteiger partial charge in [0.15, 0.2) is 0 Å². The zero-order chi connectivity index (χ0) is 11.8. The third-order valence-electron chi connectivity index (χ3n) is 3.12. The van der Waals surface area contributed by atoms with Gasteiger partial charge in [0.1, 0.15) is 0 Å². The van der Waals surface area contributed by atoms with Crippen molar-refractivity contribution in [1.29, 1.82) is 0 Å². The summed E-state index contributed by atoms with van der Waals surface area (Å²) in [5.74, 6) is 1.07. The Hall–Kier alpha value is -0.570. The van der Waals surface area contributed by atoms with Crippen molar-refractivity contribution in [2.75, 3.05) is 13.1 Å². The number of carbonyl (C=O) groups is 1. The molecule has 2 N–H and O–H groups in total. The van der Waals surface area contributed by atoms with Crippen LogP contribution in [0.5, 0.6) is 0 Å². The number of nitrogens with one attached hydrogen (secondary N) is 2. The largest absolute Gasteiger partial charge is 0.356 e. The van der Waals surface area contributed by atoms with Crippen molar-refractivity contribution in [2.45, 2.75) is 58.4 Å². The van der Waals surface area contributed by atoms with E-state index < -0.39 is 0 Å². The van der Waals surface area contributed by atoms with Gasteiger partial charge in [-0.15, -0.1) is 0 Å². The van der Waals surface area contributed by atoms with Gasteiger partial charge < -0.3 is 10.6 Å². The highest BCUT2D eigenvalue weighted by molar-refractivity contribution is 5.75. The van der Waals surface area contributed by atoms with Crippen LogP contribution < -0.4 is 10.6 Å². The van der Waals surface area contributed by atoms with Crippen LogP contribution in [0.15, 0.2) is 0 Å². The summed E-state index contributed by atoms with van der Waals surface area (Å²) in [6, 6.07) is 0.656. The lowest BCUT2D eigenvalue weighted by molar-refractivity contribution is -0.121. The Morgan fingerprint density at radius 1 is 1.25 bits per heavy atom. The predicted molar refractivity (Wildman–Crippen MR) is 67.3 cm³/mol. The molecule has 1 saturated carbocycles. The first-order valence-electron chi connectivity index (χ1n) is 6.78. The summed E-state index contributed by atoms with van der Waals surface area (Å²) in [6.45, 7) is 5.94. The summed E-state index contributed by atoms with van der Waals surface area (Å²) >= 11 is 0. The van der Waals surface area contributed by atoms with Crippen LogP contribution in [-0.2, 0) is 4.79 Å². The van der Waals surface area contributed by atoms with Gasteiger partial charge in [-0.25, -0.2) is 0 Å². The minimum Gasteiger partial charge on any atom is -0.356 e. The lowest BCUT2D eigenvalue weighted by atomic mass is 10.1. The first kappa shape index (κ1) is 13.5. The Kier molecular flexibility index (Phi) is 6.46. The van der Waals surface area contributed by atoms with Crippen molar-refractivity contribution in [1.82, 2.24) is 10.6 Å². The van der Waals surface area contributed by atoms with Gasteiger partial charge in [-0.2, -0.15) is 0 Å². The molecule has 1 fully saturated rings. The molecule has 0 saturated heterocycles. The monoisotopic (exact) mass is 226 g/mol. The molecule has 0 aliphatic heterocycles. The maximum Gasteiger partial charge on any atom is 0.221 e. The zero-order valence-corrected chi connectivity index (χ0v) is 10.7. The average Bonchev–Trinajstić information content (AvgIpc) is 3.09. The fraction of sp³-hybridized carbons (Fsp3) is 0.923. The van der Waals surface area contributed by atoms with Crippen LogP contribution in [0.3, 0.4) is 0 Å². The number of amides is 1. The molecule has 3 nitrogen and oxygen atoms in total. The van der Waals surface area contributed by atoms with Gasteiger partial charge in [0.25, 0.3) is 0 Å². The molecule has 0 radical (unpaired) electrons. The second kappa shape index (κ2) is 7.66. The van der Waals surface area contributed by atoms with Gasteiger partial charge in [-0.05, 0) is 31.6 Å². The molecule has 1 amide bonds. The van der Waals surface area contributed by atoms with Crippen molar-refractivity contribution in [3.8, 4) is 0 Å². The second-order valence-electron chi connectivity index (χ2n) is 4.79. The maximum absolute atomic E-state index is 11.4. The van der Waals surface area contributed by atoms with Crippen LogP contribution in [0.4, 0.5) is 0 Å². The summed E-state index contributed by atoms with van der Waals surface area (Å²) in [5, 5.41) is 6.43. The van der Waals surface area contributed by atoms with Gasteiger partial charge in [0, 0.05) is 25.6 Å². The van der Waals surface area contributed by atoms with Gasteiger partial charge >= 0.3 is 0 Å². The molecule has 0 heterocycles. The van der Waals surface area contributed by atoms with E-state index >= 15 is 0 Å². The lowest BCUT2D eigenvalue weighted by Crippen LogP contribution is -2.35. The second-order valence-corrected chi connectivity index (χ2v) is 4.79. The predicted octanol–water partition coefficient (Wildman–Crippen LogP) is 2.07. The quantitative estimate of drug-likeness (QED) is 0.632. The summed E-state index contributed by atoms with van der Waals surface area (Å²) in [5.41, 5.74) is 0. The molecule has 0 aromatic heterocycles. The molecule has 0 aromatic rings. The molecular formula is C13H26N2O. The number of hydrogen-bond acceptors (Lipinski definition) is 2. The molecule has 94 valence electrons. The zero-order valence-electron chi connectivity index (χ0n) is 10.7. The Morgan fingerprint density at radius 3 is 2.56 bits per heavy atom. The van der Waals surface area contributed by atoms with E-state index in [0.29, 0.717) is 12.5 Å². The SMILES string of the molecule is CCCNC(=O)CCNC(CCC)C1CC1. The van der Waals surface area contributed by atoms with Crippen LogP contribution >= 0.6 is 0 Å². The minimum absolute atomic E-state index is 0.181. The summed E-state index contributed by atoms with van der Waals surface area (Å²) < 4.78 is 0. The van der Waals surface area contributed by atoms with E-state index in [1.165, 1.54) is 25.7 Å². The van der Waals surface area contributed by atoms with Gasteiger partial charge in [0.05, 0.1) is 0 Å². The summed E-state index contributed by atoms with van der Waals surface area (Å²) in [7, 11) is 0. The molecule has 1 unspecified atom stereocenters. The van der Waals surface area contributed by atoms with E-state index in [9.17, 15) is 4.79 Å². The Balaban J connectivity index is 2.05. The number of hydrogen-bond donors (Lipinski definition) is 2. The number of rotatable bonds is 9. The van der Waals surface area contributed by atoms with Crippen LogP contribution in [0.1, 0.15) is 52.4 Å². The highest BCUT2D eigenvalue weighted by Gasteiger charge is 2.29. The van der Waals surface area contributed by atoms with Gasteiger partial charge in [-0.1, -0.05) is 20.3 Å². The minimum atomic E-state index is 0.181. The highest BCUT2D eigenvalue weighted by Crippen LogP contribution is 2.34. The lowest BCUT2D eigenvalue weighted by Gasteiger charge is -2.17. The van der Waals surface area contributed by atoms with Crippen molar-refractivity contribution in [3.63, 3.8) is 0 Å². The molecule has 1 rings (SSSR count). The Labute approximate surface area is 99.4 Å². The molecule has 3 heteroatoms. The van der Waals surface area contributed by atoms with Crippen molar-refractivity contribution < 1.29 is 4.79 Å². The first-order chi connectivity index (χ1) is 7.77. The molecule has 1 aliphatic carbocycles. The normalized spacial score (nSPS) is 17.1. The highest BCUT2D eigenvalue weighted by atomic mass is 16.1. The molecular weight excluding hydrogens is 200 g/mol. The summed E-state index contributed by atoms with van der Waals surface area (Å²) in [4.78, 5) is 11.4. The Bertz CT molecular complexity index is 202. The van der Waals surface area contributed by atoms with E-state index in [1.54, 1.807) is 0 Å². The smallest absolute Gasteiger partial charge is 0.221 e. The third-order valence-corrected chi connectivity index (χ3v) is 3.12.